The Bertz CT molecular complexity index is 134. The minimum absolute atomic E-state index is 0.738. The minimum atomic E-state index is 0.738. The van der Waals surface area contributed by atoms with Crippen molar-refractivity contribution in [1.82, 2.24) is 5.43 Å². The van der Waals surface area contributed by atoms with E-state index in [1.165, 1.54) is 32.1 Å². The first-order valence-electron chi connectivity index (χ1n) is 4.99. The molecule has 12 heavy (non-hydrogen) atoms. The smallest absolute Gasteiger partial charge is 0.0620 e. The number of hydrogen-bond donors (Lipinski definition) is 1. The van der Waals surface area contributed by atoms with Crippen molar-refractivity contribution in [2.45, 2.75) is 39.0 Å². The third kappa shape index (κ3) is 4.31. The van der Waals surface area contributed by atoms with E-state index in [0.29, 0.717) is 0 Å². The van der Waals surface area contributed by atoms with Crippen molar-refractivity contribution in [2.75, 3.05) is 13.1 Å². The fourth-order valence-corrected chi connectivity index (χ4v) is 1.43. The highest BCUT2D eigenvalue weighted by Gasteiger charge is 2.01. The van der Waals surface area contributed by atoms with Gasteiger partial charge in [0.1, 0.15) is 0 Å². The quantitative estimate of drug-likeness (QED) is 0.594. The molecule has 0 aromatic heterocycles. The topological polar surface area (TPSA) is 36.8 Å². The lowest BCUT2D eigenvalue weighted by atomic mass is 10.0. The highest BCUT2D eigenvalue weighted by Crippen LogP contribution is 2.10. The van der Waals surface area contributed by atoms with Gasteiger partial charge in [0.2, 0.25) is 0 Å². The Morgan fingerprint density at radius 2 is 2.00 bits per heavy atom. The highest BCUT2D eigenvalue weighted by atomic mass is 15.4. The fourth-order valence-electron chi connectivity index (χ4n) is 1.43. The zero-order valence-electron chi connectivity index (χ0n) is 7.92. The Hall–Kier alpha value is -0.600. The van der Waals surface area contributed by atoms with Gasteiger partial charge >= 0.3 is 0 Å². The summed E-state index contributed by atoms with van der Waals surface area (Å²) in [6.07, 6.45) is 6.55. The number of hydrogen-bond acceptors (Lipinski definition) is 3. The van der Waals surface area contributed by atoms with Crippen LogP contribution in [0.25, 0.3) is 0 Å². The third-order valence-corrected chi connectivity index (χ3v) is 2.29. The molecule has 0 aliphatic carbocycles. The summed E-state index contributed by atoms with van der Waals surface area (Å²) in [6, 6.07) is 0. The summed E-state index contributed by atoms with van der Waals surface area (Å²) in [4.78, 5) is 0. The molecule has 1 aliphatic heterocycles. The average molecular weight is 169 g/mol. The van der Waals surface area contributed by atoms with E-state index in [1.807, 2.05) is 0 Å². The van der Waals surface area contributed by atoms with Crippen LogP contribution in [0.15, 0.2) is 10.3 Å². The summed E-state index contributed by atoms with van der Waals surface area (Å²) in [7, 11) is 0. The molecule has 1 atom stereocenters. The first-order valence-corrected chi connectivity index (χ1v) is 4.99. The second-order valence-electron chi connectivity index (χ2n) is 3.64. The molecule has 0 unspecified atom stereocenters. The van der Waals surface area contributed by atoms with E-state index in [9.17, 15) is 0 Å². The lowest BCUT2D eigenvalue weighted by molar-refractivity contribution is 0.460. The van der Waals surface area contributed by atoms with Gasteiger partial charge in [-0.2, -0.15) is 5.11 Å². The molecule has 3 heteroatoms. The Balaban J connectivity index is 2.22. The Morgan fingerprint density at radius 3 is 2.92 bits per heavy atom. The van der Waals surface area contributed by atoms with Gasteiger partial charge in [-0.05, 0) is 18.8 Å². The summed E-state index contributed by atoms with van der Waals surface area (Å²) in [6.45, 7) is 4.13. The van der Waals surface area contributed by atoms with Crippen molar-refractivity contribution in [3.63, 3.8) is 0 Å². The van der Waals surface area contributed by atoms with Crippen LogP contribution in [-0.4, -0.2) is 13.1 Å². The normalized spacial score (nSPS) is 29.9. The molecule has 0 bridgehead atoms. The zero-order valence-corrected chi connectivity index (χ0v) is 7.92. The molecule has 1 N–H and O–H groups in total. The van der Waals surface area contributed by atoms with E-state index >= 15 is 0 Å². The molecule has 0 fully saturated rings. The maximum absolute atomic E-state index is 4.02. The van der Waals surface area contributed by atoms with Gasteiger partial charge in [-0.25, -0.2) is 0 Å². The van der Waals surface area contributed by atoms with Gasteiger partial charge in [0.15, 0.2) is 0 Å². The average Bonchev–Trinajstić information content (AvgIpc) is 2.11. The maximum atomic E-state index is 4.02. The second-order valence-corrected chi connectivity index (χ2v) is 3.64. The SMILES string of the molecule is C[C@@H]1CCCCCC/N=N\NC1. The molecule has 70 valence electrons. The van der Waals surface area contributed by atoms with Gasteiger partial charge < -0.3 is 0 Å². The number of nitrogens with one attached hydrogen (secondary N) is 1. The predicted molar refractivity (Wildman–Crippen MR) is 50.0 cm³/mol. The Kier molecular flexibility index (Phi) is 4.73. The lowest BCUT2D eigenvalue weighted by Crippen LogP contribution is -2.14. The van der Waals surface area contributed by atoms with Crippen molar-refractivity contribution in [1.29, 1.82) is 0 Å². The van der Waals surface area contributed by atoms with Crippen LogP contribution in [0, 0.1) is 5.92 Å². The van der Waals surface area contributed by atoms with Crippen molar-refractivity contribution in [3.8, 4) is 0 Å². The van der Waals surface area contributed by atoms with Crippen molar-refractivity contribution >= 4 is 0 Å². The Morgan fingerprint density at radius 1 is 1.17 bits per heavy atom. The third-order valence-electron chi connectivity index (χ3n) is 2.29. The lowest BCUT2D eigenvalue weighted by Gasteiger charge is -2.08. The predicted octanol–water partition coefficient (Wildman–Crippen LogP) is 2.54. The zero-order chi connectivity index (χ0) is 8.65. The molecule has 3 nitrogen and oxygen atoms in total. The van der Waals surface area contributed by atoms with Crippen LogP contribution in [0.5, 0.6) is 0 Å². The van der Waals surface area contributed by atoms with E-state index in [2.05, 4.69) is 22.7 Å². The van der Waals surface area contributed by atoms with E-state index in [4.69, 9.17) is 0 Å². The minimum Gasteiger partial charge on any atom is -0.292 e. The van der Waals surface area contributed by atoms with Gasteiger partial charge in [0, 0.05) is 6.54 Å². The summed E-state index contributed by atoms with van der Waals surface area (Å²) >= 11 is 0. The van der Waals surface area contributed by atoms with Crippen LogP contribution in [0.1, 0.15) is 39.0 Å². The first kappa shape index (κ1) is 9.49. The van der Waals surface area contributed by atoms with E-state index in [-0.39, 0.29) is 0 Å². The van der Waals surface area contributed by atoms with Gasteiger partial charge in [-0.1, -0.05) is 31.4 Å². The van der Waals surface area contributed by atoms with Crippen LogP contribution in [-0.2, 0) is 0 Å². The van der Waals surface area contributed by atoms with E-state index in [1.54, 1.807) is 0 Å². The second kappa shape index (κ2) is 5.98. The molecular weight excluding hydrogens is 150 g/mol. The molecule has 1 heterocycles. The molecular formula is C9H19N3. The highest BCUT2D eigenvalue weighted by molar-refractivity contribution is 4.56. The number of rotatable bonds is 0. The van der Waals surface area contributed by atoms with Crippen LogP contribution in [0.2, 0.25) is 0 Å². The van der Waals surface area contributed by atoms with Crippen LogP contribution in [0.4, 0.5) is 0 Å². The van der Waals surface area contributed by atoms with E-state index in [0.717, 1.165) is 19.0 Å². The van der Waals surface area contributed by atoms with Crippen molar-refractivity contribution in [3.05, 3.63) is 0 Å². The molecule has 0 saturated carbocycles. The monoisotopic (exact) mass is 169 g/mol. The molecule has 1 aliphatic rings. The largest absolute Gasteiger partial charge is 0.292 e. The number of nitrogens with zero attached hydrogens (tertiary/aromatic N) is 2. The standard InChI is InChI=1S/C9H19N3/c1-9-6-4-2-3-5-7-10-12-11-8-9/h9H,2-8H2,1H3,(H,10,11)/t9-/m1/s1. The molecule has 0 saturated heterocycles. The molecule has 0 aromatic rings. The van der Waals surface area contributed by atoms with Gasteiger partial charge in [0.05, 0.1) is 6.54 Å². The molecule has 0 amide bonds. The van der Waals surface area contributed by atoms with Crippen LogP contribution < -0.4 is 5.43 Å². The molecule has 1 rings (SSSR count). The van der Waals surface area contributed by atoms with E-state index < -0.39 is 0 Å². The Labute approximate surface area is 74.6 Å². The summed E-state index contributed by atoms with van der Waals surface area (Å²) < 4.78 is 0. The summed E-state index contributed by atoms with van der Waals surface area (Å²) in [5.41, 5.74) is 2.99. The van der Waals surface area contributed by atoms with Crippen LogP contribution >= 0.6 is 0 Å². The summed E-state index contributed by atoms with van der Waals surface area (Å²) in [5, 5.41) is 7.92. The van der Waals surface area contributed by atoms with Gasteiger partial charge in [-0.3, -0.25) is 5.43 Å². The first-order chi connectivity index (χ1) is 5.89. The van der Waals surface area contributed by atoms with Gasteiger partial charge in [-0.15, -0.1) is 0 Å². The van der Waals surface area contributed by atoms with Gasteiger partial charge in [0.25, 0.3) is 0 Å². The summed E-state index contributed by atoms with van der Waals surface area (Å²) in [5.74, 6) is 0.738. The van der Waals surface area contributed by atoms with Crippen LogP contribution in [0.3, 0.4) is 0 Å². The van der Waals surface area contributed by atoms with Crippen molar-refractivity contribution in [2.24, 2.45) is 16.3 Å². The molecule has 0 aromatic carbocycles. The fraction of sp³-hybridized carbons (Fsp3) is 1.00. The molecule has 0 spiro atoms. The van der Waals surface area contributed by atoms with Crippen molar-refractivity contribution < 1.29 is 0 Å². The molecule has 0 radical (unpaired) electrons. The maximum Gasteiger partial charge on any atom is 0.0620 e.